The number of carboxylic acid groups (broad SMARTS) is 1. The third-order valence-electron chi connectivity index (χ3n) is 3.35. The van der Waals surface area contributed by atoms with Crippen molar-refractivity contribution in [2.75, 3.05) is 0 Å². The number of hydrogen-bond donors (Lipinski definition) is 1. The summed E-state index contributed by atoms with van der Waals surface area (Å²) in [6.45, 7) is 4.69. The Balaban J connectivity index is 2.09. The molecule has 1 N–H and O–H groups in total. The van der Waals surface area contributed by atoms with Gasteiger partial charge in [-0.15, -0.1) is 11.3 Å². The number of rotatable bonds is 4. The summed E-state index contributed by atoms with van der Waals surface area (Å²) in [4.78, 5) is 20.1. The number of aromatic nitrogens is 3. The topological polar surface area (TPSA) is 68.0 Å². The van der Waals surface area contributed by atoms with Crippen LogP contribution in [0.1, 0.15) is 33.8 Å². The molecule has 0 aliphatic carbocycles. The average Bonchev–Trinajstić information content (AvgIpc) is 3.02. The summed E-state index contributed by atoms with van der Waals surface area (Å²) in [6.07, 6.45) is 0.793. The van der Waals surface area contributed by atoms with E-state index in [4.69, 9.17) is 5.11 Å². The second-order valence-corrected chi connectivity index (χ2v) is 5.80. The zero-order valence-corrected chi connectivity index (χ0v) is 12.6. The minimum Gasteiger partial charge on any atom is -0.478 e. The van der Waals surface area contributed by atoms with Gasteiger partial charge in [-0.3, -0.25) is 0 Å². The molecule has 0 aliphatic heterocycles. The second-order valence-electron chi connectivity index (χ2n) is 4.86. The van der Waals surface area contributed by atoms with Gasteiger partial charge in [-0.1, -0.05) is 6.92 Å². The highest BCUT2D eigenvalue weighted by Gasteiger charge is 2.13. The summed E-state index contributed by atoms with van der Waals surface area (Å²) >= 11 is 1.63. The van der Waals surface area contributed by atoms with Gasteiger partial charge in [-0.05, 0) is 25.1 Å². The molecule has 0 bridgehead atoms. The molecule has 0 fully saturated rings. The van der Waals surface area contributed by atoms with Gasteiger partial charge in [0.2, 0.25) is 0 Å². The van der Waals surface area contributed by atoms with Crippen molar-refractivity contribution in [3.8, 4) is 0 Å². The van der Waals surface area contributed by atoms with E-state index in [2.05, 4.69) is 14.5 Å². The third-order valence-corrected chi connectivity index (χ3v) is 4.30. The summed E-state index contributed by atoms with van der Waals surface area (Å²) < 4.78 is 2.11. The van der Waals surface area contributed by atoms with Gasteiger partial charge in [-0.2, -0.15) is 0 Å². The number of imidazole rings is 1. The summed E-state index contributed by atoms with van der Waals surface area (Å²) in [5.74, 6) is 0.0143. The number of aryl methyl sites for hydroxylation is 2. The minimum atomic E-state index is -0.931. The Hall–Kier alpha value is -2.21. The van der Waals surface area contributed by atoms with Gasteiger partial charge < -0.3 is 9.67 Å². The highest BCUT2D eigenvalue weighted by atomic mass is 32.1. The van der Waals surface area contributed by atoms with E-state index >= 15 is 0 Å². The molecule has 0 amide bonds. The monoisotopic (exact) mass is 301 g/mol. The molecule has 0 saturated carbocycles. The van der Waals surface area contributed by atoms with Crippen LogP contribution in [-0.2, 0) is 13.0 Å². The Kier molecular flexibility index (Phi) is 3.47. The van der Waals surface area contributed by atoms with Gasteiger partial charge in [0.25, 0.3) is 0 Å². The van der Waals surface area contributed by atoms with Crippen LogP contribution in [0.2, 0.25) is 0 Å². The minimum absolute atomic E-state index is 0.264. The molecule has 21 heavy (non-hydrogen) atoms. The maximum absolute atomic E-state index is 11.1. The number of carbonyl (C=O) groups is 1. The lowest BCUT2D eigenvalue weighted by molar-refractivity contribution is 0.0697. The molecule has 3 aromatic rings. The van der Waals surface area contributed by atoms with E-state index < -0.39 is 5.97 Å². The fraction of sp³-hybridized carbons (Fsp3) is 0.267. The van der Waals surface area contributed by atoms with Gasteiger partial charge in [0, 0.05) is 17.5 Å². The van der Waals surface area contributed by atoms with Crippen molar-refractivity contribution in [1.82, 2.24) is 14.5 Å². The molecule has 3 rings (SSSR count). The zero-order chi connectivity index (χ0) is 15.0. The summed E-state index contributed by atoms with van der Waals surface area (Å²) in [6, 6.07) is 5.07. The van der Waals surface area contributed by atoms with Crippen LogP contribution in [-0.4, -0.2) is 25.6 Å². The molecule has 0 unspecified atom stereocenters. The van der Waals surface area contributed by atoms with Crippen LogP contribution in [0.4, 0.5) is 0 Å². The molecule has 0 spiro atoms. The van der Waals surface area contributed by atoms with Gasteiger partial charge in [0.1, 0.15) is 10.8 Å². The molecule has 1 aromatic carbocycles. The van der Waals surface area contributed by atoms with E-state index in [1.165, 1.54) is 0 Å². The maximum atomic E-state index is 11.1. The van der Waals surface area contributed by atoms with Crippen molar-refractivity contribution in [3.05, 3.63) is 45.7 Å². The summed E-state index contributed by atoms with van der Waals surface area (Å²) in [7, 11) is 0. The number of benzene rings is 1. The van der Waals surface area contributed by atoms with Crippen molar-refractivity contribution in [1.29, 1.82) is 0 Å². The first kappa shape index (κ1) is 13.8. The number of fused-ring (bicyclic) bond motifs is 1. The number of nitrogens with zero attached hydrogens (tertiary/aromatic N) is 3. The lowest BCUT2D eigenvalue weighted by Crippen LogP contribution is -2.04. The first-order valence-corrected chi connectivity index (χ1v) is 7.60. The van der Waals surface area contributed by atoms with Crippen LogP contribution < -0.4 is 0 Å². The molecular weight excluding hydrogens is 286 g/mol. The fourth-order valence-corrected chi connectivity index (χ4v) is 3.13. The Morgan fingerprint density at radius 1 is 1.38 bits per heavy atom. The smallest absolute Gasteiger partial charge is 0.335 e. The van der Waals surface area contributed by atoms with E-state index in [1.807, 2.05) is 25.3 Å². The van der Waals surface area contributed by atoms with E-state index in [0.29, 0.717) is 6.54 Å². The van der Waals surface area contributed by atoms with Gasteiger partial charge >= 0.3 is 5.97 Å². The zero-order valence-electron chi connectivity index (χ0n) is 11.8. The van der Waals surface area contributed by atoms with Gasteiger partial charge in [0.15, 0.2) is 0 Å². The SMILES string of the molecule is CCc1nc2cc(C(=O)O)ccc2n1Cc1nc(C)cs1. The Bertz CT molecular complexity index is 820. The molecule has 0 atom stereocenters. The van der Waals surface area contributed by atoms with E-state index in [0.717, 1.165) is 34.0 Å². The van der Waals surface area contributed by atoms with E-state index in [1.54, 1.807) is 23.5 Å². The highest BCUT2D eigenvalue weighted by molar-refractivity contribution is 7.09. The van der Waals surface area contributed by atoms with Crippen molar-refractivity contribution < 1.29 is 9.90 Å². The quantitative estimate of drug-likeness (QED) is 0.804. The van der Waals surface area contributed by atoms with Crippen molar-refractivity contribution >= 4 is 28.3 Å². The molecule has 0 saturated heterocycles. The molecule has 2 heterocycles. The Morgan fingerprint density at radius 2 is 2.19 bits per heavy atom. The first-order valence-electron chi connectivity index (χ1n) is 6.72. The van der Waals surface area contributed by atoms with Crippen LogP contribution in [0, 0.1) is 6.92 Å². The lowest BCUT2D eigenvalue weighted by atomic mass is 10.2. The molecule has 0 radical (unpaired) electrons. The lowest BCUT2D eigenvalue weighted by Gasteiger charge is -2.05. The number of aromatic carboxylic acids is 1. The van der Waals surface area contributed by atoms with E-state index in [-0.39, 0.29) is 5.56 Å². The second kappa shape index (κ2) is 5.29. The van der Waals surface area contributed by atoms with Crippen LogP contribution in [0.5, 0.6) is 0 Å². The predicted octanol–water partition coefficient (Wildman–Crippen LogP) is 3.11. The average molecular weight is 301 g/mol. The standard InChI is InChI=1S/C15H15N3O2S/c1-3-13-17-11-6-10(15(19)20)4-5-12(11)18(13)7-14-16-9(2)8-21-14/h4-6,8H,3,7H2,1-2H3,(H,19,20). The fourth-order valence-electron chi connectivity index (χ4n) is 2.37. The third kappa shape index (κ3) is 2.54. The van der Waals surface area contributed by atoms with Crippen molar-refractivity contribution in [2.24, 2.45) is 0 Å². The molecule has 6 heteroatoms. The maximum Gasteiger partial charge on any atom is 0.335 e. The molecule has 2 aromatic heterocycles. The number of hydrogen-bond acceptors (Lipinski definition) is 4. The Morgan fingerprint density at radius 3 is 2.81 bits per heavy atom. The number of thiazole rings is 1. The van der Waals surface area contributed by atoms with Gasteiger partial charge in [-0.25, -0.2) is 14.8 Å². The van der Waals surface area contributed by atoms with Gasteiger partial charge in [0.05, 0.1) is 23.1 Å². The summed E-state index contributed by atoms with van der Waals surface area (Å²) in [5.41, 5.74) is 2.95. The van der Waals surface area contributed by atoms with Crippen LogP contribution in [0.15, 0.2) is 23.6 Å². The van der Waals surface area contributed by atoms with E-state index in [9.17, 15) is 4.79 Å². The highest BCUT2D eigenvalue weighted by Crippen LogP contribution is 2.21. The first-order chi connectivity index (χ1) is 10.1. The number of carboxylic acids is 1. The van der Waals surface area contributed by atoms with Crippen LogP contribution in [0.25, 0.3) is 11.0 Å². The van der Waals surface area contributed by atoms with Crippen LogP contribution in [0.3, 0.4) is 0 Å². The molecular formula is C15H15N3O2S. The molecule has 5 nitrogen and oxygen atoms in total. The van der Waals surface area contributed by atoms with Crippen molar-refractivity contribution in [3.63, 3.8) is 0 Å². The molecule has 0 aliphatic rings. The molecule has 108 valence electrons. The Labute approximate surface area is 125 Å². The largest absolute Gasteiger partial charge is 0.478 e. The predicted molar refractivity (Wildman–Crippen MR) is 82.0 cm³/mol. The normalized spacial score (nSPS) is 11.1. The van der Waals surface area contributed by atoms with Crippen LogP contribution >= 0.6 is 11.3 Å². The van der Waals surface area contributed by atoms with Crippen molar-refractivity contribution in [2.45, 2.75) is 26.8 Å². The summed E-state index contributed by atoms with van der Waals surface area (Å²) in [5, 5.41) is 12.1.